The Balaban J connectivity index is 2.11. The van der Waals surface area contributed by atoms with Crippen LogP contribution in [0.4, 0.5) is 4.39 Å². The van der Waals surface area contributed by atoms with Crippen molar-refractivity contribution in [2.24, 2.45) is 0 Å². The third-order valence-electron chi connectivity index (χ3n) is 3.45. The Bertz CT molecular complexity index is 612. The van der Waals surface area contributed by atoms with Gasteiger partial charge in [-0.1, -0.05) is 6.92 Å². The zero-order valence-corrected chi connectivity index (χ0v) is 13.1. The maximum Gasteiger partial charge on any atom is 0.241 e. The minimum atomic E-state index is -3.87. The number of carbonyl (C=O) groups excluding carboxylic acids is 1. The Morgan fingerprint density at radius 2 is 1.91 bits per heavy atom. The molecule has 0 saturated carbocycles. The summed E-state index contributed by atoms with van der Waals surface area (Å²) in [6.07, 6.45) is 0.330. The molecular weight excluding hydrogens is 311 g/mol. The summed E-state index contributed by atoms with van der Waals surface area (Å²) in [6.45, 7) is 3.54. The van der Waals surface area contributed by atoms with Crippen LogP contribution in [0.2, 0.25) is 0 Å². The Hall–Kier alpha value is -1.51. The van der Waals surface area contributed by atoms with Gasteiger partial charge in [0.25, 0.3) is 0 Å². The first kappa shape index (κ1) is 16.9. The monoisotopic (exact) mass is 330 g/mol. The van der Waals surface area contributed by atoms with Crippen molar-refractivity contribution in [1.82, 2.24) is 9.62 Å². The normalized spacial score (nSPS) is 17.3. The van der Waals surface area contributed by atoms with E-state index in [1.165, 1.54) is 12.1 Å². The highest BCUT2D eigenvalue weighted by Gasteiger charge is 2.28. The molecule has 0 bridgehead atoms. The number of carbonyl (C=O) groups is 1. The summed E-state index contributed by atoms with van der Waals surface area (Å²) in [5.74, 6) is -0.785. The van der Waals surface area contributed by atoms with Crippen molar-refractivity contribution >= 4 is 15.9 Å². The van der Waals surface area contributed by atoms with Gasteiger partial charge in [0.15, 0.2) is 0 Å². The number of benzene rings is 1. The minimum absolute atomic E-state index is 0.0675. The summed E-state index contributed by atoms with van der Waals surface area (Å²) >= 11 is 0. The summed E-state index contributed by atoms with van der Waals surface area (Å²) in [7, 11) is -3.87. The van der Waals surface area contributed by atoms with Crippen LogP contribution in [0.5, 0.6) is 0 Å². The molecule has 2 rings (SSSR count). The van der Waals surface area contributed by atoms with Crippen molar-refractivity contribution in [1.29, 1.82) is 0 Å². The summed E-state index contributed by atoms with van der Waals surface area (Å²) in [5, 5.41) is 0. The molecule has 1 saturated heterocycles. The van der Waals surface area contributed by atoms with E-state index < -0.39 is 21.9 Å². The van der Waals surface area contributed by atoms with Crippen molar-refractivity contribution in [2.75, 3.05) is 26.3 Å². The first-order valence-electron chi connectivity index (χ1n) is 7.08. The molecule has 1 aliphatic heterocycles. The fraction of sp³-hybridized carbons (Fsp3) is 0.500. The molecular formula is C14H19FN2O4S. The van der Waals surface area contributed by atoms with E-state index >= 15 is 0 Å². The van der Waals surface area contributed by atoms with Crippen LogP contribution in [0, 0.1) is 5.82 Å². The molecule has 1 heterocycles. The number of morpholine rings is 1. The zero-order valence-electron chi connectivity index (χ0n) is 12.3. The van der Waals surface area contributed by atoms with E-state index in [-0.39, 0.29) is 10.8 Å². The summed E-state index contributed by atoms with van der Waals surface area (Å²) in [5.41, 5.74) is 0. The third kappa shape index (κ3) is 4.02. The van der Waals surface area contributed by atoms with Crippen LogP contribution in [0.15, 0.2) is 29.2 Å². The lowest BCUT2D eigenvalue weighted by atomic mass is 10.2. The van der Waals surface area contributed by atoms with E-state index in [0.29, 0.717) is 32.7 Å². The molecule has 1 amide bonds. The maximum atomic E-state index is 12.9. The summed E-state index contributed by atoms with van der Waals surface area (Å²) < 4.78 is 45.0. The molecule has 8 heteroatoms. The predicted molar refractivity (Wildman–Crippen MR) is 78.2 cm³/mol. The smallest absolute Gasteiger partial charge is 0.241 e. The molecule has 122 valence electrons. The molecule has 0 aliphatic carbocycles. The number of rotatable bonds is 5. The molecule has 1 N–H and O–H groups in total. The van der Waals surface area contributed by atoms with Crippen molar-refractivity contribution in [2.45, 2.75) is 24.3 Å². The average Bonchev–Trinajstić information content (AvgIpc) is 2.53. The van der Waals surface area contributed by atoms with E-state index in [2.05, 4.69) is 4.72 Å². The lowest BCUT2D eigenvalue weighted by Crippen LogP contribution is -2.51. The van der Waals surface area contributed by atoms with Crippen molar-refractivity contribution in [3.05, 3.63) is 30.1 Å². The molecule has 0 aromatic heterocycles. The van der Waals surface area contributed by atoms with Gasteiger partial charge in [-0.05, 0) is 30.7 Å². The van der Waals surface area contributed by atoms with Gasteiger partial charge >= 0.3 is 0 Å². The maximum absolute atomic E-state index is 12.9. The Morgan fingerprint density at radius 1 is 1.32 bits per heavy atom. The van der Waals surface area contributed by atoms with Crippen molar-refractivity contribution in [3.63, 3.8) is 0 Å². The zero-order chi connectivity index (χ0) is 16.2. The predicted octanol–water partition coefficient (Wildman–Crippen LogP) is 0.741. The number of ether oxygens (including phenoxy) is 1. The minimum Gasteiger partial charge on any atom is -0.378 e. The Morgan fingerprint density at radius 3 is 2.45 bits per heavy atom. The van der Waals surface area contributed by atoms with Crippen LogP contribution in [-0.4, -0.2) is 51.6 Å². The highest BCUT2D eigenvalue weighted by molar-refractivity contribution is 7.89. The number of amides is 1. The van der Waals surface area contributed by atoms with Gasteiger partial charge in [0, 0.05) is 13.1 Å². The lowest BCUT2D eigenvalue weighted by molar-refractivity contribution is -0.137. The average molecular weight is 330 g/mol. The van der Waals surface area contributed by atoms with Gasteiger partial charge < -0.3 is 9.64 Å². The molecule has 1 aromatic carbocycles. The fourth-order valence-corrected chi connectivity index (χ4v) is 3.45. The van der Waals surface area contributed by atoms with Gasteiger partial charge in [0.05, 0.1) is 18.1 Å². The quantitative estimate of drug-likeness (QED) is 0.864. The van der Waals surface area contributed by atoms with Gasteiger partial charge in [0.1, 0.15) is 11.9 Å². The fourth-order valence-electron chi connectivity index (χ4n) is 2.18. The van der Waals surface area contributed by atoms with Gasteiger partial charge in [0.2, 0.25) is 15.9 Å². The van der Waals surface area contributed by atoms with Crippen LogP contribution in [0.3, 0.4) is 0 Å². The summed E-state index contributed by atoms with van der Waals surface area (Å²) in [4.78, 5) is 13.9. The molecule has 22 heavy (non-hydrogen) atoms. The standard InChI is InChI=1S/C14H19FN2O4S/c1-2-13(14(18)17-7-9-21-10-8-17)16-22(19,20)12-5-3-11(15)4-6-12/h3-6,13,16H,2,7-10H2,1H3. The number of nitrogens with one attached hydrogen (secondary N) is 1. The first-order chi connectivity index (χ1) is 10.4. The molecule has 0 radical (unpaired) electrons. The van der Waals surface area contributed by atoms with Crippen LogP contribution in [0.25, 0.3) is 0 Å². The third-order valence-corrected chi connectivity index (χ3v) is 4.94. The summed E-state index contributed by atoms with van der Waals surface area (Å²) in [6, 6.07) is 3.64. The van der Waals surface area contributed by atoms with E-state index in [4.69, 9.17) is 4.74 Å². The van der Waals surface area contributed by atoms with Crippen LogP contribution in [0.1, 0.15) is 13.3 Å². The molecule has 6 nitrogen and oxygen atoms in total. The van der Waals surface area contributed by atoms with Crippen LogP contribution >= 0.6 is 0 Å². The van der Waals surface area contributed by atoms with Gasteiger partial charge in [-0.2, -0.15) is 4.72 Å². The Labute approximate surface area is 129 Å². The largest absolute Gasteiger partial charge is 0.378 e. The number of hydrogen-bond donors (Lipinski definition) is 1. The van der Waals surface area contributed by atoms with E-state index in [9.17, 15) is 17.6 Å². The number of nitrogens with zero attached hydrogens (tertiary/aromatic N) is 1. The molecule has 0 spiro atoms. The van der Waals surface area contributed by atoms with Crippen molar-refractivity contribution in [3.8, 4) is 0 Å². The van der Waals surface area contributed by atoms with Gasteiger partial charge in [-0.15, -0.1) is 0 Å². The highest BCUT2D eigenvalue weighted by Crippen LogP contribution is 2.12. The van der Waals surface area contributed by atoms with E-state index in [1.807, 2.05) is 0 Å². The van der Waals surface area contributed by atoms with E-state index in [0.717, 1.165) is 12.1 Å². The number of halogens is 1. The number of sulfonamides is 1. The molecule has 1 aromatic rings. The second-order valence-corrected chi connectivity index (χ2v) is 6.69. The lowest BCUT2D eigenvalue weighted by Gasteiger charge is -2.30. The van der Waals surface area contributed by atoms with Crippen molar-refractivity contribution < 1.29 is 22.3 Å². The molecule has 1 aliphatic rings. The topological polar surface area (TPSA) is 75.7 Å². The number of hydrogen-bond acceptors (Lipinski definition) is 4. The highest BCUT2D eigenvalue weighted by atomic mass is 32.2. The molecule has 1 atom stereocenters. The van der Waals surface area contributed by atoms with Crippen LogP contribution in [-0.2, 0) is 19.6 Å². The van der Waals surface area contributed by atoms with Gasteiger partial charge in [-0.3, -0.25) is 4.79 Å². The van der Waals surface area contributed by atoms with Crippen LogP contribution < -0.4 is 4.72 Å². The van der Waals surface area contributed by atoms with E-state index in [1.54, 1.807) is 11.8 Å². The second kappa shape index (κ2) is 7.17. The molecule has 1 unspecified atom stereocenters. The Kier molecular flexibility index (Phi) is 5.49. The van der Waals surface area contributed by atoms with Gasteiger partial charge in [-0.25, -0.2) is 12.8 Å². The first-order valence-corrected chi connectivity index (χ1v) is 8.57. The molecule has 1 fully saturated rings. The second-order valence-electron chi connectivity index (χ2n) is 4.97. The SMILES string of the molecule is CCC(NS(=O)(=O)c1ccc(F)cc1)C(=O)N1CCOCC1.